The summed E-state index contributed by atoms with van der Waals surface area (Å²) in [6.45, 7) is 2.38. The first-order valence-corrected chi connectivity index (χ1v) is 8.40. The third-order valence-corrected chi connectivity index (χ3v) is 6.45. The van der Waals surface area contributed by atoms with Crippen LogP contribution in [0.1, 0.15) is 58.8 Å². The Labute approximate surface area is 134 Å². The number of hydrogen-bond acceptors (Lipinski definition) is 3. The molecule has 0 heterocycles. The molecule has 0 aliphatic heterocycles. The van der Waals surface area contributed by atoms with Crippen LogP contribution in [0.3, 0.4) is 0 Å². The van der Waals surface area contributed by atoms with Gasteiger partial charge >= 0.3 is 6.18 Å². The highest BCUT2D eigenvalue weighted by molar-refractivity contribution is 5.81. The summed E-state index contributed by atoms with van der Waals surface area (Å²) < 4.78 is 38.5. The number of carbonyl (C=O) groups excluding carboxylic acids is 1. The molecule has 4 unspecified atom stereocenters. The van der Waals surface area contributed by atoms with Crippen LogP contribution in [-0.2, 0) is 4.79 Å². The Bertz CT molecular complexity index is 498. The monoisotopic (exact) mass is 334 g/mol. The van der Waals surface area contributed by atoms with E-state index in [4.69, 9.17) is 0 Å². The molecular formula is C17H25F3O3. The second-order valence-electron chi connectivity index (χ2n) is 8.72. The SMILES string of the molecule is CC(C(=O)CC12CC3CC(O)(CC(O)(C3)C1)C2)C(C)C(F)(F)F. The zero-order valence-electron chi connectivity index (χ0n) is 13.6. The minimum atomic E-state index is -4.38. The fourth-order valence-corrected chi connectivity index (χ4v) is 5.82. The summed E-state index contributed by atoms with van der Waals surface area (Å²) in [5.41, 5.74) is -2.43. The Morgan fingerprint density at radius 1 is 1.09 bits per heavy atom. The summed E-state index contributed by atoms with van der Waals surface area (Å²) in [6.07, 6.45) is -1.14. The van der Waals surface area contributed by atoms with Crippen LogP contribution in [0.4, 0.5) is 13.2 Å². The molecule has 0 saturated heterocycles. The van der Waals surface area contributed by atoms with Crippen molar-refractivity contribution in [2.24, 2.45) is 23.2 Å². The lowest BCUT2D eigenvalue weighted by molar-refractivity contribution is -0.231. The Morgan fingerprint density at radius 3 is 2.04 bits per heavy atom. The fourth-order valence-electron chi connectivity index (χ4n) is 5.82. The highest BCUT2D eigenvalue weighted by Crippen LogP contribution is 2.64. The minimum absolute atomic E-state index is 0.0374. The number of alkyl halides is 3. The van der Waals surface area contributed by atoms with Crippen molar-refractivity contribution in [3.63, 3.8) is 0 Å². The van der Waals surface area contributed by atoms with Crippen molar-refractivity contribution >= 4 is 5.78 Å². The van der Waals surface area contributed by atoms with Crippen LogP contribution in [0.15, 0.2) is 0 Å². The first-order valence-electron chi connectivity index (χ1n) is 8.40. The summed E-state index contributed by atoms with van der Waals surface area (Å²) in [4.78, 5) is 12.5. The van der Waals surface area contributed by atoms with Crippen molar-refractivity contribution in [2.75, 3.05) is 0 Å². The molecule has 4 fully saturated rings. The van der Waals surface area contributed by atoms with E-state index in [1.165, 1.54) is 6.92 Å². The molecule has 0 amide bonds. The molecule has 0 radical (unpaired) electrons. The van der Waals surface area contributed by atoms with Gasteiger partial charge in [-0.1, -0.05) is 13.8 Å². The van der Waals surface area contributed by atoms with Crippen LogP contribution in [0, 0.1) is 23.2 Å². The molecule has 132 valence electrons. The van der Waals surface area contributed by atoms with Gasteiger partial charge in [0.2, 0.25) is 0 Å². The van der Waals surface area contributed by atoms with Gasteiger partial charge in [0.25, 0.3) is 0 Å². The highest BCUT2D eigenvalue weighted by atomic mass is 19.4. The van der Waals surface area contributed by atoms with Crippen LogP contribution >= 0.6 is 0 Å². The van der Waals surface area contributed by atoms with E-state index in [-0.39, 0.29) is 12.3 Å². The maximum absolute atomic E-state index is 12.8. The lowest BCUT2D eigenvalue weighted by Gasteiger charge is -2.63. The minimum Gasteiger partial charge on any atom is -0.390 e. The van der Waals surface area contributed by atoms with E-state index in [9.17, 15) is 28.2 Å². The van der Waals surface area contributed by atoms with Crippen molar-refractivity contribution < 1.29 is 28.2 Å². The van der Waals surface area contributed by atoms with Crippen LogP contribution in [0.25, 0.3) is 0 Å². The van der Waals surface area contributed by atoms with Crippen LogP contribution < -0.4 is 0 Å². The molecule has 4 aliphatic rings. The average Bonchev–Trinajstić information content (AvgIpc) is 2.30. The molecule has 4 bridgehead atoms. The van der Waals surface area contributed by atoms with Gasteiger partial charge in [-0.2, -0.15) is 13.2 Å². The summed E-state index contributed by atoms with van der Waals surface area (Å²) in [5, 5.41) is 21.3. The van der Waals surface area contributed by atoms with E-state index in [1.54, 1.807) is 0 Å². The second-order valence-corrected chi connectivity index (χ2v) is 8.72. The first-order chi connectivity index (χ1) is 10.4. The number of rotatable bonds is 4. The normalized spacial score (nSPS) is 45.1. The van der Waals surface area contributed by atoms with E-state index in [2.05, 4.69) is 0 Å². The maximum atomic E-state index is 12.8. The quantitative estimate of drug-likeness (QED) is 0.830. The molecule has 0 spiro atoms. The molecule has 23 heavy (non-hydrogen) atoms. The molecule has 0 aromatic heterocycles. The smallest absolute Gasteiger partial charge is 0.390 e. The lowest BCUT2D eigenvalue weighted by atomic mass is 9.45. The standard InChI is InChI=1S/C17H25F3O3/c1-10(11(2)17(18,19)20)13(21)6-14-3-12-4-15(22,7-14)9-16(23,5-12)8-14/h10-12,22-23H,3-9H2,1-2H3. The molecule has 0 aromatic rings. The highest BCUT2D eigenvalue weighted by Gasteiger charge is 2.63. The molecule has 4 atom stereocenters. The Hall–Kier alpha value is -0.620. The van der Waals surface area contributed by atoms with Gasteiger partial charge in [0.15, 0.2) is 0 Å². The number of hydrogen-bond donors (Lipinski definition) is 2. The summed E-state index contributed by atoms with van der Waals surface area (Å²) in [5.74, 6) is -2.99. The third-order valence-electron chi connectivity index (χ3n) is 6.45. The first kappa shape index (κ1) is 17.2. The van der Waals surface area contributed by atoms with Gasteiger partial charge in [-0.05, 0) is 43.4 Å². The predicted molar refractivity (Wildman–Crippen MR) is 77.5 cm³/mol. The van der Waals surface area contributed by atoms with Gasteiger partial charge in [0.05, 0.1) is 17.1 Å². The van der Waals surface area contributed by atoms with E-state index in [0.717, 1.165) is 13.3 Å². The topological polar surface area (TPSA) is 57.5 Å². The van der Waals surface area contributed by atoms with Crippen LogP contribution in [0.2, 0.25) is 0 Å². The van der Waals surface area contributed by atoms with E-state index >= 15 is 0 Å². The van der Waals surface area contributed by atoms with Crippen molar-refractivity contribution in [1.82, 2.24) is 0 Å². The van der Waals surface area contributed by atoms with Gasteiger partial charge in [-0.3, -0.25) is 4.79 Å². The number of aliphatic hydroxyl groups is 2. The molecule has 2 N–H and O–H groups in total. The largest absolute Gasteiger partial charge is 0.392 e. The zero-order chi connectivity index (χ0) is 17.3. The Morgan fingerprint density at radius 2 is 1.61 bits per heavy atom. The average molecular weight is 334 g/mol. The van der Waals surface area contributed by atoms with E-state index < -0.39 is 40.4 Å². The number of halogens is 3. The second kappa shape index (κ2) is 4.94. The molecule has 4 rings (SSSR count). The maximum Gasteiger partial charge on any atom is 0.392 e. The lowest BCUT2D eigenvalue weighted by Crippen LogP contribution is -2.63. The van der Waals surface area contributed by atoms with Gasteiger partial charge in [-0.15, -0.1) is 0 Å². The zero-order valence-corrected chi connectivity index (χ0v) is 13.6. The van der Waals surface area contributed by atoms with E-state index in [1.807, 2.05) is 0 Å². The van der Waals surface area contributed by atoms with Gasteiger partial charge in [-0.25, -0.2) is 0 Å². The molecule has 0 aromatic carbocycles. The number of ketones is 1. The van der Waals surface area contributed by atoms with Crippen molar-refractivity contribution in [3.8, 4) is 0 Å². The van der Waals surface area contributed by atoms with Gasteiger partial charge < -0.3 is 10.2 Å². The van der Waals surface area contributed by atoms with E-state index in [0.29, 0.717) is 32.1 Å². The summed E-state index contributed by atoms with van der Waals surface area (Å²) >= 11 is 0. The van der Waals surface area contributed by atoms with Crippen LogP contribution in [-0.4, -0.2) is 33.4 Å². The summed E-state index contributed by atoms with van der Waals surface area (Å²) in [6, 6.07) is 0. The van der Waals surface area contributed by atoms with Crippen molar-refractivity contribution in [1.29, 1.82) is 0 Å². The molecule has 4 aliphatic carbocycles. The molecule has 3 nitrogen and oxygen atoms in total. The molecular weight excluding hydrogens is 309 g/mol. The van der Waals surface area contributed by atoms with Gasteiger partial charge in [0.1, 0.15) is 5.78 Å². The predicted octanol–water partition coefficient (Wildman–Crippen LogP) is 3.23. The fraction of sp³-hybridized carbons (Fsp3) is 0.941. The van der Waals surface area contributed by atoms with Gasteiger partial charge in [0, 0.05) is 18.8 Å². The Kier molecular flexibility index (Phi) is 3.70. The third kappa shape index (κ3) is 3.04. The number of Topliss-reactive ketones (excluding diaryl/α,β-unsaturated/α-hetero) is 1. The van der Waals surface area contributed by atoms with Crippen molar-refractivity contribution in [2.45, 2.75) is 76.2 Å². The number of carbonyl (C=O) groups is 1. The molecule has 6 heteroatoms. The molecule has 4 saturated carbocycles. The van der Waals surface area contributed by atoms with Crippen LogP contribution in [0.5, 0.6) is 0 Å². The Balaban J connectivity index is 1.76. The summed E-state index contributed by atoms with van der Waals surface area (Å²) in [7, 11) is 0. The van der Waals surface area contributed by atoms with Crippen molar-refractivity contribution in [3.05, 3.63) is 0 Å².